The van der Waals surface area contributed by atoms with Gasteiger partial charge in [0.2, 0.25) is 4.77 Å². The fourth-order valence-corrected chi connectivity index (χ4v) is 3.25. The van der Waals surface area contributed by atoms with Crippen LogP contribution >= 0.6 is 12.2 Å². The minimum absolute atomic E-state index is 0.391. The third-order valence-corrected chi connectivity index (χ3v) is 5.01. The van der Waals surface area contributed by atoms with Gasteiger partial charge in [-0.25, -0.2) is 5.10 Å². The molecule has 4 aromatic rings. The van der Waals surface area contributed by atoms with Crippen molar-refractivity contribution < 1.29 is 14.2 Å². The van der Waals surface area contributed by atoms with Crippen LogP contribution in [0.3, 0.4) is 0 Å². The second-order valence-electron chi connectivity index (χ2n) is 6.82. The molecule has 0 saturated carbocycles. The summed E-state index contributed by atoms with van der Waals surface area (Å²) >= 11 is 5.35. The molecule has 1 aromatic heterocycles. The van der Waals surface area contributed by atoms with Crippen LogP contribution in [0, 0.1) is 4.77 Å². The van der Waals surface area contributed by atoms with Crippen LogP contribution in [0.5, 0.6) is 17.2 Å². The highest BCUT2D eigenvalue weighted by atomic mass is 32.1. The number of benzene rings is 3. The van der Waals surface area contributed by atoms with Crippen LogP contribution in [-0.4, -0.2) is 35.3 Å². The van der Waals surface area contributed by atoms with E-state index in [1.54, 1.807) is 25.1 Å². The molecule has 0 fully saturated rings. The molecule has 0 saturated heterocycles. The van der Waals surface area contributed by atoms with E-state index in [4.69, 9.17) is 26.4 Å². The van der Waals surface area contributed by atoms with Gasteiger partial charge >= 0.3 is 0 Å². The van der Waals surface area contributed by atoms with Crippen molar-refractivity contribution in [2.24, 2.45) is 5.10 Å². The molecule has 1 heterocycles. The third-order valence-electron chi connectivity index (χ3n) is 4.75. The Labute approximate surface area is 190 Å². The molecule has 8 heteroatoms. The van der Waals surface area contributed by atoms with E-state index in [-0.39, 0.29) is 0 Å². The van der Waals surface area contributed by atoms with Gasteiger partial charge in [-0.2, -0.15) is 14.9 Å². The van der Waals surface area contributed by atoms with Crippen molar-refractivity contribution in [2.75, 3.05) is 14.2 Å². The Morgan fingerprint density at radius 1 is 0.969 bits per heavy atom. The van der Waals surface area contributed by atoms with Gasteiger partial charge < -0.3 is 14.2 Å². The van der Waals surface area contributed by atoms with E-state index >= 15 is 0 Å². The maximum atomic E-state index is 5.92. The number of rotatable bonds is 8. The van der Waals surface area contributed by atoms with Gasteiger partial charge in [0.05, 0.1) is 20.4 Å². The van der Waals surface area contributed by atoms with Gasteiger partial charge in [-0.05, 0) is 65.8 Å². The normalized spacial score (nSPS) is 10.9. The highest BCUT2D eigenvalue weighted by molar-refractivity contribution is 7.71. The molecule has 0 aliphatic rings. The number of nitrogens with zero attached hydrogens (tertiary/aromatic N) is 3. The Kier molecular flexibility index (Phi) is 6.62. The lowest BCUT2D eigenvalue weighted by Crippen LogP contribution is -1.99. The first-order chi connectivity index (χ1) is 15.7. The minimum atomic E-state index is 0.391. The number of aromatic amines is 1. The first-order valence-electron chi connectivity index (χ1n) is 9.89. The van der Waals surface area contributed by atoms with Crippen LogP contribution in [0.2, 0.25) is 0 Å². The molecule has 0 spiro atoms. The van der Waals surface area contributed by atoms with Crippen molar-refractivity contribution in [1.82, 2.24) is 14.9 Å². The highest BCUT2D eigenvalue weighted by Gasteiger charge is 2.09. The lowest BCUT2D eigenvalue weighted by molar-refractivity contribution is 0.284. The third kappa shape index (κ3) is 4.87. The van der Waals surface area contributed by atoms with E-state index in [2.05, 4.69) is 15.3 Å². The molecule has 162 valence electrons. The number of aromatic nitrogens is 3. The molecular formula is C24H22N4O3S. The molecule has 0 bridgehead atoms. The summed E-state index contributed by atoms with van der Waals surface area (Å²) in [6.07, 6.45) is 1.70. The molecular weight excluding hydrogens is 424 g/mol. The zero-order chi connectivity index (χ0) is 22.3. The summed E-state index contributed by atoms with van der Waals surface area (Å²) in [5, 5.41) is 11.6. The molecule has 32 heavy (non-hydrogen) atoms. The van der Waals surface area contributed by atoms with Crippen molar-refractivity contribution in [3.05, 3.63) is 88.7 Å². The zero-order valence-corrected chi connectivity index (χ0v) is 18.5. The predicted octanol–water partition coefficient (Wildman–Crippen LogP) is 5.09. The summed E-state index contributed by atoms with van der Waals surface area (Å²) in [6.45, 7) is 0.458. The van der Waals surface area contributed by atoms with Crippen molar-refractivity contribution in [1.29, 1.82) is 0 Å². The molecule has 3 aromatic carbocycles. The summed E-state index contributed by atoms with van der Waals surface area (Å²) in [5.74, 6) is 2.65. The first kappa shape index (κ1) is 21.3. The minimum Gasteiger partial charge on any atom is -0.497 e. The van der Waals surface area contributed by atoms with Gasteiger partial charge in [0.1, 0.15) is 12.4 Å². The SMILES string of the molecule is COc1ccc(-c2n[nH]c(=S)n2N=Cc2ccc(OCc3ccccc3)c(OC)c2)cc1. The second-order valence-corrected chi connectivity index (χ2v) is 7.21. The number of hydrogen-bond donors (Lipinski definition) is 1. The van der Waals surface area contributed by atoms with Crippen LogP contribution in [0.1, 0.15) is 11.1 Å². The van der Waals surface area contributed by atoms with Crippen LogP contribution < -0.4 is 14.2 Å². The van der Waals surface area contributed by atoms with E-state index in [9.17, 15) is 0 Å². The Hall–Kier alpha value is -3.91. The van der Waals surface area contributed by atoms with Crippen molar-refractivity contribution >= 4 is 18.4 Å². The topological polar surface area (TPSA) is 73.7 Å². The van der Waals surface area contributed by atoms with Gasteiger partial charge in [-0.3, -0.25) is 0 Å². The van der Waals surface area contributed by atoms with Crippen LogP contribution in [-0.2, 0) is 6.61 Å². The number of hydrogen-bond acceptors (Lipinski definition) is 6. The lowest BCUT2D eigenvalue weighted by atomic mass is 10.2. The molecule has 0 unspecified atom stereocenters. The molecule has 1 N–H and O–H groups in total. The first-order valence-corrected chi connectivity index (χ1v) is 10.3. The lowest BCUT2D eigenvalue weighted by Gasteiger charge is -2.11. The zero-order valence-electron chi connectivity index (χ0n) is 17.7. The molecule has 0 atom stereocenters. The molecule has 7 nitrogen and oxygen atoms in total. The Morgan fingerprint density at radius 3 is 2.47 bits per heavy atom. The summed E-state index contributed by atoms with van der Waals surface area (Å²) in [4.78, 5) is 0. The van der Waals surface area contributed by atoms with Gasteiger partial charge in [-0.1, -0.05) is 30.3 Å². The number of methoxy groups -OCH3 is 2. The highest BCUT2D eigenvalue weighted by Crippen LogP contribution is 2.28. The Bertz CT molecular complexity index is 1260. The van der Waals surface area contributed by atoms with E-state index in [0.29, 0.717) is 28.7 Å². The van der Waals surface area contributed by atoms with Gasteiger partial charge in [0.15, 0.2) is 17.3 Å². The second kappa shape index (κ2) is 9.93. The summed E-state index contributed by atoms with van der Waals surface area (Å²) in [7, 11) is 3.24. The van der Waals surface area contributed by atoms with Gasteiger partial charge in [0.25, 0.3) is 0 Å². The van der Waals surface area contributed by atoms with Crippen molar-refractivity contribution in [3.63, 3.8) is 0 Å². The van der Waals surface area contributed by atoms with E-state index in [1.807, 2.05) is 72.8 Å². The largest absolute Gasteiger partial charge is 0.497 e. The van der Waals surface area contributed by atoms with E-state index < -0.39 is 0 Å². The predicted molar refractivity (Wildman–Crippen MR) is 126 cm³/mol. The van der Waals surface area contributed by atoms with E-state index in [0.717, 1.165) is 22.4 Å². The average Bonchev–Trinajstić information content (AvgIpc) is 3.22. The number of H-pyrrole nitrogens is 1. The fraction of sp³-hybridized carbons (Fsp3) is 0.125. The molecule has 0 aliphatic heterocycles. The molecule has 0 amide bonds. The van der Waals surface area contributed by atoms with Crippen LogP contribution in [0.4, 0.5) is 0 Å². The maximum Gasteiger partial charge on any atom is 0.216 e. The Morgan fingerprint density at radius 2 is 1.75 bits per heavy atom. The molecule has 4 rings (SSSR count). The Balaban J connectivity index is 1.54. The van der Waals surface area contributed by atoms with Gasteiger partial charge in [-0.15, -0.1) is 0 Å². The quantitative estimate of drug-likeness (QED) is 0.302. The monoisotopic (exact) mass is 446 g/mol. The number of nitrogens with one attached hydrogen (secondary N) is 1. The van der Waals surface area contributed by atoms with Crippen LogP contribution in [0.25, 0.3) is 11.4 Å². The summed E-state index contributed by atoms with van der Waals surface area (Å²) in [6, 6.07) is 23.1. The summed E-state index contributed by atoms with van der Waals surface area (Å²) < 4.78 is 18.6. The molecule has 0 radical (unpaired) electrons. The van der Waals surface area contributed by atoms with Gasteiger partial charge in [0, 0.05) is 5.56 Å². The number of ether oxygens (including phenoxy) is 3. The smallest absolute Gasteiger partial charge is 0.216 e. The fourth-order valence-electron chi connectivity index (χ4n) is 3.07. The van der Waals surface area contributed by atoms with Crippen molar-refractivity contribution in [2.45, 2.75) is 6.61 Å². The van der Waals surface area contributed by atoms with Crippen LogP contribution in [0.15, 0.2) is 77.9 Å². The summed E-state index contributed by atoms with van der Waals surface area (Å²) in [5.41, 5.74) is 2.77. The maximum absolute atomic E-state index is 5.92. The van der Waals surface area contributed by atoms with Crippen molar-refractivity contribution in [3.8, 4) is 28.6 Å². The van der Waals surface area contributed by atoms with E-state index in [1.165, 1.54) is 0 Å². The molecule has 0 aliphatic carbocycles. The average molecular weight is 447 g/mol. The standard InChI is InChI=1S/C24H22N4O3S/c1-29-20-11-9-19(10-12-20)23-26-27-24(32)28(23)25-15-18-8-13-21(22(14-18)30-2)31-16-17-6-4-3-5-7-17/h3-15H,16H2,1-2H3,(H,27,32).